The first kappa shape index (κ1) is 13.5. The van der Waals surface area contributed by atoms with Crippen LogP contribution >= 0.6 is 12.4 Å². The van der Waals surface area contributed by atoms with E-state index in [2.05, 4.69) is 15.6 Å². The Hall–Kier alpha value is -1.59. The Labute approximate surface area is 106 Å². The molecule has 2 heterocycles. The SMILES string of the molecule is CNC(=O)CNCc1cnc2ccccn12.Cl. The first-order valence-corrected chi connectivity index (χ1v) is 5.13. The molecule has 0 fully saturated rings. The van der Waals surface area contributed by atoms with Crippen LogP contribution in [0, 0.1) is 0 Å². The molecule has 0 saturated heterocycles. The van der Waals surface area contributed by atoms with Crippen LogP contribution in [0.2, 0.25) is 0 Å². The largest absolute Gasteiger partial charge is 0.358 e. The van der Waals surface area contributed by atoms with Gasteiger partial charge in [-0.05, 0) is 12.1 Å². The Morgan fingerprint density at radius 2 is 2.29 bits per heavy atom. The van der Waals surface area contributed by atoms with Gasteiger partial charge in [0.1, 0.15) is 5.65 Å². The van der Waals surface area contributed by atoms with Gasteiger partial charge in [0.05, 0.1) is 18.4 Å². The lowest BCUT2D eigenvalue weighted by Gasteiger charge is -2.03. The molecule has 0 unspecified atom stereocenters. The highest BCUT2D eigenvalue weighted by molar-refractivity contribution is 5.85. The highest BCUT2D eigenvalue weighted by atomic mass is 35.5. The number of carbonyl (C=O) groups excluding carboxylic acids is 1. The molecular formula is C11H15ClN4O. The number of likely N-dealkylation sites (N-methyl/N-ethyl adjacent to an activating group) is 1. The van der Waals surface area contributed by atoms with Gasteiger partial charge >= 0.3 is 0 Å². The normalized spacial score (nSPS) is 9.94. The lowest BCUT2D eigenvalue weighted by Crippen LogP contribution is -2.31. The first-order chi connectivity index (χ1) is 7.81. The van der Waals surface area contributed by atoms with Crippen molar-refractivity contribution in [2.45, 2.75) is 6.54 Å². The number of pyridine rings is 1. The van der Waals surface area contributed by atoms with Gasteiger partial charge in [-0.15, -0.1) is 12.4 Å². The number of amides is 1. The van der Waals surface area contributed by atoms with E-state index in [0.717, 1.165) is 11.3 Å². The highest BCUT2D eigenvalue weighted by Crippen LogP contribution is 2.05. The molecule has 0 aliphatic carbocycles. The van der Waals surface area contributed by atoms with Gasteiger partial charge in [-0.3, -0.25) is 4.79 Å². The van der Waals surface area contributed by atoms with Gasteiger partial charge in [0.15, 0.2) is 0 Å². The Balaban J connectivity index is 0.00000144. The Morgan fingerprint density at radius 1 is 1.47 bits per heavy atom. The van der Waals surface area contributed by atoms with Crippen molar-refractivity contribution in [3.8, 4) is 0 Å². The lowest BCUT2D eigenvalue weighted by molar-refractivity contribution is -0.119. The summed E-state index contributed by atoms with van der Waals surface area (Å²) in [5.41, 5.74) is 1.96. The lowest BCUT2D eigenvalue weighted by atomic mass is 10.4. The molecule has 2 aromatic rings. The third-order valence-electron chi connectivity index (χ3n) is 2.36. The third kappa shape index (κ3) is 3.18. The maximum atomic E-state index is 11.0. The number of fused-ring (bicyclic) bond motifs is 1. The van der Waals surface area contributed by atoms with Crippen LogP contribution < -0.4 is 10.6 Å². The minimum Gasteiger partial charge on any atom is -0.358 e. The number of nitrogens with zero attached hydrogens (tertiary/aromatic N) is 2. The summed E-state index contributed by atoms with van der Waals surface area (Å²) >= 11 is 0. The molecule has 2 aromatic heterocycles. The molecule has 92 valence electrons. The number of carbonyl (C=O) groups is 1. The second kappa shape index (κ2) is 6.22. The van der Waals surface area contributed by atoms with E-state index in [1.165, 1.54) is 0 Å². The van der Waals surface area contributed by atoms with Crippen LogP contribution in [0.4, 0.5) is 0 Å². The van der Waals surface area contributed by atoms with E-state index in [0.29, 0.717) is 13.1 Å². The zero-order valence-electron chi connectivity index (χ0n) is 9.51. The number of rotatable bonds is 4. The molecule has 0 aliphatic rings. The average Bonchev–Trinajstić information content (AvgIpc) is 2.73. The zero-order chi connectivity index (χ0) is 11.4. The molecule has 2 rings (SSSR count). The zero-order valence-corrected chi connectivity index (χ0v) is 10.3. The summed E-state index contributed by atoms with van der Waals surface area (Å²) < 4.78 is 2.00. The summed E-state index contributed by atoms with van der Waals surface area (Å²) in [4.78, 5) is 15.3. The Bertz CT molecular complexity index is 497. The van der Waals surface area contributed by atoms with E-state index < -0.39 is 0 Å². The number of aromatic nitrogens is 2. The van der Waals surface area contributed by atoms with Gasteiger partial charge in [0.25, 0.3) is 0 Å². The van der Waals surface area contributed by atoms with E-state index in [1.807, 2.05) is 35.0 Å². The molecule has 0 radical (unpaired) electrons. The molecular weight excluding hydrogens is 240 g/mol. The monoisotopic (exact) mass is 254 g/mol. The summed E-state index contributed by atoms with van der Waals surface area (Å²) in [6, 6.07) is 5.85. The minimum atomic E-state index is -0.0196. The summed E-state index contributed by atoms with van der Waals surface area (Å²) in [6.07, 6.45) is 3.77. The fourth-order valence-corrected chi connectivity index (χ4v) is 1.51. The van der Waals surface area contributed by atoms with Crippen molar-refractivity contribution in [1.82, 2.24) is 20.0 Å². The van der Waals surface area contributed by atoms with Gasteiger partial charge in [0, 0.05) is 19.8 Å². The molecule has 0 bridgehead atoms. The Kier molecular flexibility index (Phi) is 4.93. The quantitative estimate of drug-likeness (QED) is 0.840. The second-order valence-corrected chi connectivity index (χ2v) is 3.46. The topological polar surface area (TPSA) is 58.4 Å². The van der Waals surface area contributed by atoms with Crippen LogP contribution in [-0.4, -0.2) is 28.9 Å². The van der Waals surface area contributed by atoms with Crippen molar-refractivity contribution in [3.63, 3.8) is 0 Å². The summed E-state index contributed by atoms with van der Waals surface area (Å²) in [5, 5.41) is 5.62. The summed E-state index contributed by atoms with van der Waals surface area (Å²) in [5.74, 6) is -0.0196. The molecule has 0 aromatic carbocycles. The van der Waals surface area contributed by atoms with Crippen LogP contribution in [0.1, 0.15) is 5.69 Å². The number of hydrogen-bond acceptors (Lipinski definition) is 3. The summed E-state index contributed by atoms with van der Waals surface area (Å²) in [6.45, 7) is 0.940. The standard InChI is InChI=1S/C11H14N4O.ClH/c1-12-11(16)8-13-6-9-7-14-10-4-2-3-5-15(9)10;/h2-5,7,13H,6,8H2,1H3,(H,12,16);1H. The average molecular weight is 255 g/mol. The van der Waals surface area contributed by atoms with Gasteiger partial charge in [-0.1, -0.05) is 6.07 Å². The molecule has 0 atom stereocenters. The molecule has 5 nitrogen and oxygen atoms in total. The Morgan fingerprint density at radius 3 is 3.06 bits per heavy atom. The molecule has 17 heavy (non-hydrogen) atoms. The number of nitrogens with one attached hydrogen (secondary N) is 2. The molecule has 6 heteroatoms. The van der Waals surface area contributed by atoms with Crippen molar-refractivity contribution in [2.75, 3.05) is 13.6 Å². The smallest absolute Gasteiger partial charge is 0.233 e. The second-order valence-electron chi connectivity index (χ2n) is 3.46. The third-order valence-corrected chi connectivity index (χ3v) is 2.36. The molecule has 0 aliphatic heterocycles. The van der Waals surface area contributed by atoms with Crippen molar-refractivity contribution in [3.05, 3.63) is 36.3 Å². The molecule has 0 saturated carbocycles. The van der Waals surface area contributed by atoms with Gasteiger partial charge in [-0.25, -0.2) is 4.98 Å². The van der Waals surface area contributed by atoms with Crippen molar-refractivity contribution < 1.29 is 4.79 Å². The van der Waals surface area contributed by atoms with Crippen LogP contribution in [-0.2, 0) is 11.3 Å². The fourth-order valence-electron chi connectivity index (χ4n) is 1.51. The van der Waals surface area contributed by atoms with Gasteiger partial charge in [-0.2, -0.15) is 0 Å². The molecule has 1 amide bonds. The van der Waals surface area contributed by atoms with Crippen LogP contribution in [0.5, 0.6) is 0 Å². The molecule has 2 N–H and O–H groups in total. The summed E-state index contributed by atoms with van der Waals surface area (Å²) in [7, 11) is 1.62. The minimum absolute atomic E-state index is 0. The predicted octanol–water partition coefficient (Wildman–Crippen LogP) is 0.592. The van der Waals surface area contributed by atoms with Crippen LogP contribution in [0.25, 0.3) is 5.65 Å². The van der Waals surface area contributed by atoms with E-state index >= 15 is 0 Å². The van der Waals surface area contributed by atoms with E-state index in [4.69, 9.17) is 0 Å². The van der Waals surface area contributed by atoms with Crippen molar-refractivity contribution in [2.24, 2.45) is 0 Å². The highest BCUT2D eigenvalue weighted by Gasteiger charge is 2.02. The predicted molar refractivity (Wildman–Crippen MR) is 68.2 cm³/mol. The van der Waals surface area contributed by atoms with Crippen molar-refractivity contribution >= 4 is 24.0 Å². The van der Waals surface area contributed by atoms with Crippen LogP contribution in [0.15, 0.2) is 30.6 Å². The van der Waals surface area contributed by atoms with E-state index in [-0.39, 0.29) is 18.3 Å². The van der Waals surface area contributed by atoms with Gasteiger partial charge < -0.3 is 15.0 Å². The number of imidazole rings is 1. The van der Waals surface area contributed by atoms with Gasteiger partial charge in [0.2, 0.25) is 5.91 Å². The maximum Gasteiger partial charge on any atom is 0.233 e. The van der Waals surface area contributed by atoms with Crippen molar-refractivity contribution in [1.29, 1.82) is 0 Å². The maximum absolute atomic E-state index is 11.0. The first-order valence-electron chi connectivity index (χ1n) is 5.13. The fraction of sp³-hybridized carbons (Fsp3) is 0.273. The number of hydrogen-bond donors (Lipinski definition) is 2. The van der Waals surface area contributed by atoms with Crippen LogP contribution in [0.3, 0.4) is 0 Å². The van der Waals surface area contributed by atoms with E-state index in [9.17, 15) is 4.79 Å². The molecule has 0 spiro atoms. The van der Waals surface area contributed by atoms with E-state index in [1.54, 1.807) is 7.05 Å². The number of halogens is 1.